The lowest BCUT2D eigenvalue weighted by Gasteiger charge is -2.40. The fourth-order valence-electron chi connectivity index (χ4n) is 8.12. The van der Waals surface area contributed by atoms with Crippen LogP contribution in [0, 0.1) is 0 Å². The van der Waals surface area contributed by atoms with Crippen LogP contribution in [0.3, 0.4) is 0 Å². The summed E-state index contributed by atoms with van der Waals surface area (Å²) >= 11 is 0. The van der Waals surface area contributed by atoms with Crippen LogP contribution in [0.15, 0.2) is 85.1 Å². The van der Waals surface area contributed by atoms with Crippen molar-refractivity contribution in [2.75, 3.05) is 13.2 Å². The van der Waals surface area contributed by atoms with Crippen LogP contribution in [0.25, 0.3) is 0 Å². The Bertz CT molecular complexity index is 1320. The van der Waals surface area contributed by atoms with E-state index in [1.54, 1.807) is 6.08 Å². The van der Waals surface area contributed by atoms with Crippen molar-refractivity contribution in [2.24, 2.45) is 0 Å². The second kappa shape index (κ2) is 47.1. The summed E-state index contributed by atoms with van der Waals surface area (Å²) in [6.45, 7) is 3.64. The number of rotatable bonds is 45. The van der Waals surface area contributed by atoms with Gasteiger partial charge in [0, 0.05) is 6.42 Å². The summed E-state index contributed by atoms with van der Waals surface area (Å²) < 4.78 is 11.2. The maximum absolute atomic E-state index is 13.0. The summed E-state index contributed by atoms with van der Waals surface area (Å²) in [5.74, 6) is -0.198. The van der Waals surface area contributed by atoms with Crippen LogP contribution in [-0.2, 0) is 14.3 Å². The summed E-state index contributed by atoms with van der Waals surface area (Å²) in [6.07, 6.45) is 59.2. The molecule has 0 aliphatic carbocycles. The fraction of sp³-hybridized carbons (Fsp3) is 0.741. The van der Waals surface area contributed by atoms with Gasteiger partial charge in [-0.15, -0.1) is 0 Å². The molecule has 0 saturated carbocycles. The highest BCUT2D eigenvalue weighted by molar-refractivity contribution is 5.76. The number of unbranched alkanes of at least 4 members (excludes halogenated alkanes) is 23. The SMILES string of the molecule is CC/C=C\C/C=C\C/C=C\C/C=C\CCCCCCCCCCCCC(=O)NC(COC1OC(CO)C(O)C(O)C1O)C(O)/C=C/CC/C=C/CC/C=C/CCCCCCCCCCCCC. The van der Waals surface area contributed by atoms with Gasteiger partial charge >= 0.3 is 0 Å². The zero-order valence-electron chi connectivity index (χ0n) is 42.6. The molecule has 0 aromatic rings. The number of carbonyl (C=O) groups excluding carboxylic acids is 1. The predicted octanol–water partition coefficient (Wildman–Crippen LogP) is 13.1. The molecule has 386 valence electrons. The van der Waals surface area contributed by atoms with E-state index in [9.17, 15) is 30.3 Å². The molecular formula is C58H101NO8. The number of hydrogen-bond donors (Lipinski definition) is 6. The molecule has 1 aliphatic heterocycles. The second-order valence-corrected chi connectivity index (χ2v) is 18.6. The monoisotopic (exact) mass is 940 g/mol. The van der Waals surface area contributed by atoms with Crippen molar-refractivity contribution in [3.8, 4) is 0 Å². The largest absolute Gasteiger partial charge is 0.394 e. The third-order valence-corrected chi connectivity index (χ3v) is 12.4. The van der Waals surface area contributed by atoms with Crippen molar-refractivity contribution in [1.29, 1.82) is 0 Å². The molecule has 9 heteroatoms. The molecule has 1 fully saturated rings. The third-order valence-electron chi connectivity index (χ3n) is 12.4. The molecule has 67 heavy (non-hydrogen) atoms. The molecular weight excluding hydrogens is 839 g/mol. The molecule has 0 spiro atoms. The van der Waals surface area contributed by atoms with Crippen LogP contribution in [-0.4, -0.2) is 87.5 Å². The minimum Gasteiger partial charge on any atom is -0.394 e. The van der Waals surface area contributed by atoms with Gasteiger partial charge in [-0.1, -0.05) is 214 Å². The summed E-state index contributed by atoms with van der Waals surface area (Å²) in [6, 6.07) is -0.836. The number of aliphatic hydroxyl groups is 5. The van der Waals surface area contributed by atoms with Crippen molar-refractivity contribution >= 4 is 5.91 Å². The van der Waals surface area contributed by atoms with E-state index in [-0.39, 0.29) is 12.5 Å². The first-order valence-corrected chi connectivity index (χ1v) is 27.3. The Morgan fingerprint density at radius 2 is 0.940 bits per heavy atom. The summed E-state index contributed by atoms with van der Waals surface area (Å²) in [5, 5.41) is 54.4. The first-order chi connectivity index (χ1) is 32.8. The van der Waals surface area contributed by atoms with Crippen LogP contribution in [0.2, 0.25) is 0 Å². The molecule has 1 amide bonds. The van der Waals surface area contributed by atoms with Crippen molar-refractivity contribution < 1.29 is 39.8 Å². The zero-order chi connectivity index (χ0) is 48.7. The number of hydrogen-bond acceptors (Lipinski definition) is 8. The third kappa shape index (κ3) is 36.9. The molecule has 7 atom stereocenters. The molecule has 1 rings (SSSR count). The van der Waals surface area contributed by atoms with Crippen LogP contribution in [0.1, 0.15) is 219 Å². The van der Waals surface area contributed by atoms with E-state index in [2.05, 4.69) is 92.1 Å². The van der Waals surface area contributed by atoms with Crippen LogP contribution < -0.4 is 5.32 Å². The van der Waals surface area contributed by atoms with Crippen molar-refractivity contribution in [1.82, 2.24) is 5.32 Å². The quantitative estimate of drug-likeness (QED) is 0.0261. The van der Waals surface area contributed by atoms with Gasteiger partial charge in [0.05, 0.1) is 25.4 Å². The highest BCUT2D eigenvalue weighted by Gasteiger charge is 2.44. The Kier molecular flexibility index (Phi) is 43.8. The highest BCUT2D eigenvalue weighted by atomic mass is 16.7. The molecule has 0 bridgehead atoms. The molecule has 7 unspecified atom stereocenters. The average Bonchev–Trinajstić information content (AvgIpc) is 3.33. The van der Waals surface area contributed by atoms with Gasteiger partial charge < -0.3 is 40.3 Å². The first-order valence-electron chi connectivity index (χ1n) is 27.3. The lowest BCUT2D eigenvalue weighted by Crippen LogP contribution is -2.60. The van der Waals surface area contributed by atoms with E-state index in [4.69, 9.17) is 9.47 Å². The maximum atomic E-state index is 13.0. The van der Waals surface area contributed by atoms with Gasteiger partial charge in [0.1, 0.15) is 24.4 Å². The summed E-state index contributed by atoms with van der Waals surface area (Å²) in [7, 11) is 0. The summed E-state index contributed by atoms with van der Waals surface area (Å²) in [5.41, 5.74) is 0. The number of ether oxygens (including phenoxy) is 2. The van der Waals surface area contributed by atoms with Gasteiger partial charge in [0.2, 0.25) is 5.91 Å². The molecule has 1 heterocycles. The highest BCUT2D eigenvalue weighted by Crippen LogP contribution is 2.23. The van der Waals surface area contributed by atoms with E-state index in [0.717, 1.165) is 83.5 Å². The number of carbonyl (C=O) groups is 1. The molecule has 0 radical (unpaired) electrons. The van der Waals surface area contributed by atoms with Crippen LogP contribution >= 0.6 is 0 Å². The lowest BCUT2D eigenvalue weighted by atomic mass is 9.99. The first kappa shape index (κ1) is 62.4. The van der Waals surface area contributed by atoms with Gasteiger partial charge in [-0.2, -0.15) is 0 Å². The Morgan fingerprint density at radius 3 is 1.43 bits per heavy atom. The lowest BCUT2D eigenvalue weighted by molar-refractivity contribution is -0.302. The van der Waals surface area contributed by atoms with Gasteiger partial charge in [0.25, 0.3) is 0 Å². The van der Waals surface area contributed by atoms with E-state index >= 15 is 0 Å². The molecule has 1 aliphatic rings. The van der Waals surface area contributed by atoms with Crippen molar-refractivity contribution in [3.05, 3.63) is 85.1 Å². The minimum absolute atomic E-state index is 0.198. The molecule has 0 aromatic carbocycles. The Balaban J connectivity index is 2.31. The smallest absolute Gasteiger partial charge is 0.220 e. The summed E-state index contributed by atoms with van der Waals surface area (Å²) in [4.78, 5) is 13.0. The Morgan fingerprint density at radius 1 is 0.522 bits per heavy atom. The van der Waals surface area contributed by atoms with Gasteiger partial charge in [-0.25, -0.2) is 0 Å². The minimum atomic E-state index is -1.58. The van der Waals surface area contributed by atoms with E-state index in [1.807, 2.05) is 6.08 Å². The zero-order valence-corrected chi connectivity index (χ0v) is 42.6. The molecule has 1 saturated heterocycles. The number of allylic oxidation sites excluding steroid dienone is 13. The van der Waals surface area contributed by atoms with Crippen LogP contribution in [0.4, 0.5) is 0 Å². The van der Waals surface area contributed by atoms with Crippen molar-refractivity contribution in [2.45, 2.75) is 262 Å². The van der Waals surface area contributed by atoms with E-state index < -0.39 is 49.5 Å². The fourth-order valence-corrected chi connectivity index (χ4v) is 8.12. The average molecular weight is 940 g/mol. The molecule has 6 N–H and O–H groups in total. The second-order valence-electron chi connectivity index (χ2n) is 18.6. The van der Waals surface area contributed by atoms with E-state index in [1.165, 1.54) is 116 Å². The normalized spacial score (nSPS) is 20.4. The van der Waals surface area contributed by atoms with Gasteiger partial charge in [0.15, 0.2) is 6.29 Å². The van der Waals surface area contributed by atoms with Gasteiger partial charge in [-0.05, 0) is 83.5 Å². The van der Waals surface area contributed by atoms with Gasteiger partial charge in [-0.3, -0.25) is 4.79 Å². The number of aliphatic hydroxyl groups excluding tert-OH is 5. The standard InChI is InChI=1S/C58H101NO8/c1-3-5-7-9-11-13-15-17-19-21-23-25-26-28-30-32-34-36-38-40-42-44-46-48-54(62)59-51(50-66-58-57(65)56(64)55(63)53(49-60)67-58)52(61)47-45-43-41-39-37-35-33-31-29-27-24-22-20-18-16-14-12-10-8-6-4-2/h5,7,11,13,17,19,23,25,29,31,37,39,45,47,51-53,55-58,60-61,63-65H,3-4,6,8-10,12,14-16,18,20-22,24,26-28,30,32-36,38,40-44,46,48-50H2,1-2H3,(H,59,62)/b7-5-,13-11-,19-17-,25-23-,31-29+,39-37+,47-45+. The number of amides is 1. The Hall–Kier alpha value is -2.63. The Labute approximate surface area is 410 Å². The van der Waals surface area contributed by atoms with E-state index in [0.29, 0.717) is 6.42 Å². The predicted molar refractivity (Wildman–Crippen MR) is 281 cm³/mol. The molecule has 9 nitrogen and oxygen atoms in total. The van der Waals surface area contributed by atoms with Crippen LogP contribution in [0.5, 0.6) is 0 Å². The maximum Gasteiger partial charge on any atom is 0.220 e. The van der Waals surface area contributed by atoms with Crippen molar-refractivity contribution in [3.63, 3.8) is 0 Å². The molecule has 0 aromatic heterocycles. The number of nitrogens with one attached hydrogen (secondary N) is 1. The topological polar surface area (TPSA) is 149 Å².